The average Bonchev–Trinajstić information content (AvgIpc) is 3.02. The van der Waals surface area contributed by atoms with Crippen LogP contribution < -0.4 is 5.32 Å². The van der Waals surface area contributed by atoms with Crippen LogP contribution in [0.5, 0.6) is 5.75 Å². The first kappa shape index (κ1) is 18.1. The maximum absolute atomic E-state index is 13.1. The fraction of sp³-hybridized carbons (Fsp3) is 0.238. The van der Waals surface area contributed by atoms with Crippen LogP contribution in [0, 0.1) is 12.3 Å². The molecule has 0 aliphatic rings. The molecule has 0 aliphatic heterocycles. The first-order valence-electron chi connectivity index (χ1n) is 8.45. The van der Waals surface area contributed by atoms with Gasteiger partial charge in [-0.15, -0.1) is 11.3 Å². The van der Waals surface area contributed by atoms with Crippen molar-refractivity contribution in [2.24, 2.45) is 5.41 Å². The SMILES string of the molecule is Cc1cnc(NC(=O)C(C)(C)C(c2ccccc2)c2ccc(O)cc2)s1. The lowest BCUT2D eigenvalue weighted by Gasteiger charge is -2.33. The number of rotatable bonds is 5. The van der Waals surface area contributed by atoms with Crippen LogP contribution in [0.25, 0.3) is 0 Å². The van der Waals surface area contributed by atoms with E-state index in [-0.39, 0.29) is 17.6 Å². The number of aryl methyl sites for hydroxylation is 1. The molecule has 1 heterocycles. The van der Waals surface area contributed by atoms with E-state index in [1.165, 1.54) is 11.3 Å². The van der Waals surface area contributed by atoms with E-state index >= 15 is 0 Å². The maximum atomic E-state index is 13.1. The van der Waals surface area contributed by atoms with E-state index in [0.717, 1.165) is 16.0 Å². The van der Waals surface area contributed by atoms with Crippen molar-refractivity contribution in [3.8, 4) is 5.75 Å². The summed E-state index contributed by atoms with van der Waals surface area (Å²) in [6, 6.07) is 17.0. The number of nitrogens with zero attached hydrogens (tertiary/aromatic N) is 1. The number of anilines is 1. The Morgan fingerprint density at radius 3 is 2.27 bits per heavy atom. The molecule has 1 atom stereocenters. The maximum Gasteiger partial charge on any atom is 0.232 e. The molecular formula is C21H22N2O2S. The van der Waals surface area contributed by atoms with Gasteiger partial charge in [-0.3, -0.25) is 4.79 Å². The van der Waals surface area contributed by atoms with Crippen LogP contribution in [0.3, 0.4) is 0 Å². The molecule has 3 aromatic rings. The number of nitrogens with one attached hydrogen (secondary N) is 1. The number of thiazole rings is 1. The van der Waals surface area contributed by atoms with E-state index in [1.54, 1.807) is 18.3 Å². The van der Waals surface area contributed by atoms with Crippen LogP contribution in [-0.4, -0.2) is 16.0 Å². The Bertz CT molecular complexity index is 886. The lowest BCUT2D eigenvalue weighted by atomic mass is 9.70. The van der Waals surface area contributed by atoms with Gasteiger partial charge in [-0.05, 0) is 30.2 Å². The van der Waals surface area contributed by atoms with E-state index < -0.39 is 5.41 Å². The summed E-state index contributed by atoms with van der Waals surface area (Å²) in [6.45, 7) is 5.84. The topological polar surface area (TPSA) is 62.2 Å². The largest absolute Gasteiger partial charge is 0.508 e. The molecule has 5 heteroatoms. The van der Waals surface area contributed by atoms with Gasteiger partial charge in [0.15, 0.2) is 5.13 Å². The molecule has 1 unspecified atom stereocenters. The van der Waals surface area contributed by atoms with Crippen molar-refractivity contribution in [3.63, 3.8) is 0 Å². The highest BCUT2D eigenvalue weighted by Crippen LogP contribution is 2.42. The first-order chi connectivity index (χ1) is 12.4. The predicted molar refractivity (Wildman–Crippen MR) is 106 cm³/mol. The second-order valence-electron chi connectivity index (χ2n) is 6.89. The van der Waals surface area contributed by atoms with Crippen LogP contribution >= 0.6 is 11.3 Å². The molecule has 0 bridgehead atoms. The van der Waals surface area contributed by atoms with Gasteiger partial charge in [0.25, 0.3) is 0 Å². The molecule has 0 radical (unpaired) electrons. The highest BCUT2D eigenvalue weighted by atomic mass is 32.1. The summed E-state index contributed by atoms with van der Waals surface area (Å²) in [7, 11) is 0. The van der Waals surface area contributed by atoms with E-state index in [1.807, 2.05) is 63.2 Å². The van der Waals surface area contributed by atoms with Crippen molar-refractivity contribution in [2.45, 2.75) is 26.7 Å². The second kappa shape index (κ2) is 7.30. The zero-order chi connectivity index (χ0) is 18.7. The van der Waals surface area contributed by atoms with E-state index in [9.17, 15) is 9.90 Å². The fourth-order valence-electron chi connectivity index (χ4n) is 3.14. The molecular weight excluding hydrogens is 344 g/mol. The van der Waals surface area contributed by atoms with Gasteiger partial charge >= 0.3 is 0 Å². The number of amides is 1. The second-order valence-corrected chi connectivity index (χ2v) is 8.12. The lowest BCUT2D eigenvalue weighted by molar-refractivity contribution is -0.124. The van der Waals surface area contributed by atoms with Gasteiger partial charge < -0.3 is 10.4 Å². The summed E-state index contributed by atoms with van der Waals surface area (Å²) >= 11 is 1.46. The summed E-state index contributed by atoms with van der Waals surface area (Å²) in [5.74, 6) is -0.0415. The van der Waals surface area contributed by atoms with Crippen LogP contribution in [0.4, 0.5) is 5.13 Å². The van der Waals surface area contributed by atoms with Crippen molar-refractivity contribution in [2.75, 3.05) is 5.32 Å². The summed E-state index contributed by atoms with van der Waals surface area (Å²) in [5.41, 5.74) is 1.30. The first-order valence-corrected chi connectivity index (χ1v) is 9.27. The molecule has 0 fully saturated rings. The third-order valence-corrected chi connectivity index (χ3v) is 5.34. The Morgan fingerprint density at radius 1 is 1.08 bits per heavy atom. The normalized spacial score (nSPS) is 12.6. The van der Waals surface area contributed by atoms with Crippen LogP contribution in [-0.2, 0) is 4.79 Å². The Kier molecular flexibility index (Phi) is 5.09. The summed E-state index contributed by atoms with van der Waals surface area (Å²) < 4.78 is 0. The number of benzene rings is 2. The molecule has 26 heavy (non-hydrogen) atoms. The van der Waals surface area contributed by atoms with Gasteiger partial charge in [0.1, 0.15) is 5.75 Å². The van der Waals surface area contributed by atoms with E-state index in [2.05, 4.69) is 10.3 Å². The Morgan fingerprint density at radius 2 is 1.69 bits per heavy atom. The number of hydrogen-bond donors (Lipinski definition) is 2. The van der Waals surface area contributed by atoms with Crippen LogP contribution in [0.1, 0.15) is 35.8 Å². The fourth-order valence-corrected chi connectivity index (χ4v) is 3.80. The minimum atomic E-state index is -0.724. The molecule has 0 saturated heterocycles. The van der Waals surface area contributed by atoms with Gasteiger partial charge in [0, 0.05) is 17.0 Å². The van der Waals surface area contributed by atoms with E-state index in [0.29, 0.717) is 5.13 Å². The third kappa shape index (κ3) is 3.78. The van der Waals surface area contributed by atoms with Gasteiger partial charge in [-0.2, -0.15) is 0 Å². The van der Waals surface area contributed by atoms with Crippen molar-refractivity contribution in [3.05, 3.63) is 76.8 Å². The van der Waals surface area contributed by atoms with Crippen LogP contribution in [0.15, 0.2) is 60.8 Å². The van der Waals surface area contributed by atoms with Crippen LogP contribution in [0.2, 0.25) is 0 Å². The van der Waals surface area contributed by atoms with Gasteiger partial charge in [-0.25, -0.2) is 4.98 Å². The Balaban J connectivity index is 1.99. The van der Waals surface area contributed by atoms with Crippen molar-refractivity contribution >= 4 is 22.4 Å². The van der Waals surface area contributed by atoms with Gasteiger partial charge in [0.05, 0.1) is 5.41 Å². The smallest absolute Gasteiger partial charge is 0.232 e. The number of phenols is 1. The van der Waals surface area contributed by atoms with Gasteiger partial charge in [-0.1, -0.05) is 56.3 Å². The highest BCUT2D eigenvalue weighted by molar-refractivity contribution is 7.15. The van der Waals surface area contributed by atoms with E-state index in [4.69, 9.17) is 0 Å². The average molecular weight is 366 g/mol. The summed E-state index contributed by atoms with van der Waals surface area (Å²) in [5, 5.41) is 13.2. The third-order valence-electron chi connectivity index (χ3n) is 4.51. The van der Waals surface area contributed by atoms with Crippen molar-refractivity contribution in [1.82, 2.24) is 4.98 Å². The zero-order valence-electron chi connectivity index (χ0n) is 15.1. The molecule has 2 aromatic carbocycles. The Labute approximate surface area is 157 Å². The number of carbonyl (C=O) groups excluding carboxylic acids is 1. The number of hydrogen-bond acceptors (Lipinski definition) is 4. The molecule has 2 N–H and O–H groups in total. The minimum absolute atomic E-state index is 0.0891. The predicted octanol–water partition coefficient (Wildman–Crippen LogP) is 4.95. The number of phenolic OH excluding ortho intramolecular Hbond substituents is 1. The molecule has 1 amide bonds. The number of aromatic hydroxyl groups is 1. The van der Waals surface area contributed by atoms with Crippen molar-refractivity contribution in [1.29, 1.82) is 0 Å². The monoisotopic (exact) mass is 366 g/mol. The highest BCUT2D eigenvalue weighted by Gasteiger charge is 2.39. The quantitative estimate of drug-likeness (QED) is 0.671. The summed E-state index contributed by atoms with van der Waals surface area (Å²) in [6.07, 6.45) is 1.75. The van der Waals surface area contributed by atoms with Gasteiger partial charge in [0.2, 0.25) is 5.91 Å². The number of aromatic nitrogens is 1. The molecule has 1 aromatic heterocycles. The van der Waals surface area contributed by atoms with Crippen molar-refractivity contribution < 1.29 is 9.90 Å². The summed E-state index contributed by atoms with van der Waals surface area (Å²) in [4.78, 5) is 18.4. The Hall–Kier alpha value is -2.66. The molecule has 134 valence electrons. The standard InChI is InChI=1S/C21H22N2O2S/c1-14-13-22-20(26-14)23-19(25)21(2,3)18(15-7-5-4-6-8-15)16-9-11-17(24)12-10-16/h4-13,18,24H,1-3H3,(H,22,23,25). The molecule has 3 rings (SSSR count). The zero-order valence-corrected chi connectivity index (χ0v) is 15.9. The molecule has 4 nitrogen and oxygen atoms in total. The molecule has 0 saturated carbocycles. The molecule has 0 spiro atoms. The number of carbonyl (C=O) groups is 1. The molecule has 0 aliphatic carbocycles. The lowest BCUT2D eigenvalue weighted by Crippen LogP contribution is -2.37. The minimum Gasteiger partial charge on any atom is -0.508 e.